The molecule has 0 aromatic rings. The predicted molar refractivity (Wildman–Crippen MR) is 76.8 cm³/mol. The summed E-state index contributed by atoms with van der Waals surface area (Å²) in [5, 5.41) is 3.63. The fourth-order valence-corrected chi connectivity index (χ4v) is 3.75. The number of hydrogen-bond donors (Lipinski definition) is 1. The molecule has 2 nitrogen and oxygen atoms in total. The van der Waals surface area contributed by atoms with Crippen LogP contribution in [0.4, 0.5) is 0 Å². The normalized spacial score (nSPS) is 29.8. The van der Waals surface area contributed by atoms with E-state index in [0.717, 1.165) is 37.6 Å². The van der Waals surface area contributed by atoms with Gasteiger partial charge in [-0.1, -0.05) is 32.6 Å². The SMILES string of the molecule is CCNC1CCCC1CCOCC1CCCCC1. The highest BCUT2D eigenvalue weighted by Crippen LogP contribution is 2.29. The van der Waals surface area contributed by atoms with Crippen LogP contribution in [0.1, 0.15) is 64.7 Å². The third kappa shape index (κ3) is 4.55. The van der Waals surface area contributed by atoms with E-state index < -0.39 is 0 Å². The van der Waals surface area contributed by atoms with Gasteiger partial charge in [-0.2, -0.15) is 0 Å². The van der Waals surface area contributed by atoms with Gasteiger partial charge in [0, 0.05) is 19.3 Å². The Bertz CT molecular complexity index is 213. The van der Waals surface area contributed by atoms with Crippen molar-refractivity contribution in [2.75, 3.05) is 19.8 Å². The average Bonchev–Trinajstić information content (AvgIpc) is 2.84. The van der Waals surface area contributed by atoms with Crippen molar-refractivity contribution in [2.24, 2.45) is 11.8 Å². The minimum Gasteiger partial charge on any atom is -0.381 e. The summed E-state index contributed by atoms with van der Waals surface area (Å²) in [6.45, 7) is 5.35. The summed E-state index contributed by atoms with van der Waals surface area (Å²) in [4.78, 5) is 0. The van der Waals surface area contributed by atoms with Gasteiger partial charge in [0.05, 0.1) is 0 Å². The van der Waals surface area contributed by atoms with Gasteiger partial charge in [0.1, 0.15) is 0 Å². The molecule has 0 amide bonds. The van der Waals surface area contributed by atoms with Gasteiger partial charge < -0.3 is 10.1 Å². The zero-order chi connectivity index (χ0) is 12.6. The zero-order valence-electron chi connectivity index (χ0n) is 12.1. The summed E-state index contributed by atoms with van der Waals surface area (Å²) < 4.78 is 5.93. The van der Waals surface area contributed by atoms with Crippen LogP contribution in [0.3, 0.4) is 0 Å². The molecule has 0 heterocycles. The van der Waals surface area contributed by atoms with Crippen LogP contribution in [-0.4, -0.2) is 25.8 Å². The monoisotopic (exact) mass is 253 g/mol. The summed E-state index contributed by atoms with van der Waals surface area (Å²) in [6.07, 6.45) is 12.6. The Morgan fingerprint density at radius 2 is 1.83 bits per heavy atom. The lowest BCUT2D eigenvalue weighted by Gasteiger charge is -2.23. The predicted octanol–water partition coefficient (Wildman–Crippen LogP) is 3.75. The first-order chi connectivity index (χ1) is 8.90. The fraction of sp³-hybridized carbons (Fsp3) is 1.00. The molecule has 18 heavy (non-hydrogen) atoms. The first-order valence-corrected chi connectivity index (χ1v) is 8.21. The molecule has 2 unspecified atom stereocenters. The van der Waals surface area contributed by atoms with Gasteiger partial charge in [-0.05, 0) is 50.5 Å². The van der Waals surface area contributed by atoms with Gasteiger partial charge in [0.15, 0.2) is 0 Å². The van der Waals surface area contributed by atoms with Crippen molar-refractivity contribution in [2.45, 2.75) is 70.8 Å². The second-order valence-corrected chi connectivity index (χ2v) is 6.22. The zero-order valence-corrected chi connectivity index (χ0v) is 12.1. The molecule has 0 radical (unpaired) electrons. The number of ether oxygens (including phenoxy) is 1. The van der Waals surface area contributed by atoms with Crippen LogP contribution in [0.25, 0.3) is 0 Å². The molecule has 0 aliphatic heterocycles. The molecule has 0 bridgehead atoms. The Morgan fingerprint density at radius 1 is 1.00 bits per heavy atom. The van der Waals surface area contributed by atoms with Gasteiger partial charge in [0.2, 0.25) is 0 Å². The topological polar surface area (TPSA) is 21.3 Å². The van der Waals surface area contributed by atoms with Crippen LogP contribution >= 0.6 is 0 Å². The molecule has 0 aromatic heterocycles. The Balaban J connectivity index is 1.54. The van der Waals surface area contributed by atoms with Crippen LogP contribution < -0.4 is 5.32 Å². The van der Waals surface area contributed by atoms with Crippen molar-refractivity contribution in [3.63, 3.8) is 0 Å². The maximum absolute atomic E-state index is 5.93. The van der Waals surface area contributed by atoms with E-state index in [-0.39, 0.29) is 0 Å². The van der Waals surface area contributed by atoms with E-state index in [4.69, 9.17) is 4.74 Å². The average molecular weight is 253 g/mol. The summed E-state index contributed by atoms with van der Waals surface area (Å²) in [5.74, 6) is 1.74. The molecule has 0 saturated heterocycles. The van der Waals surface area contributed by atoms with Crippen molar-refractivity contribution >= 4 is 0 Å². The van der Waals surface area contributed by atoms with Gasteiger partial charge in [0.25, 0.3) is 0 Å². The Labute approximate surface area is 113 Å². The van der Waals surface area contributed by atoms with Crippen molar-refractivity contribution in [1.82, 2.24) is 5.32 Å². The van der Waals surface area contributed by atoms with Gasteiger partial charge in [-0.3, -0.25) is 0 Å². The maximum atomic E-state index is 5.93. The standard InChI is InChI=1S/C16H31NO/c1-2-17-16-10-6-9-15(16)11-12-18-13-14-7-4-3-5-8-14/h14-17H,2-13H2,1H3. The molecular weight excluding hydrogens is 222 g/mol. The first-order valence-electron chi connectivity index (χ1n) is 8.21. The lowest BCUT2D eigenvalue weighted by atomic mass is 9.90. The third-order valence-electron chi connectivity index (χ3n) is 4.84. The quantitative estimate of drug-likeness (QED) is 0.698. The fourth-order valence-electron chi connectivity index (χ4n) is 3.75. The molecule has 2 heteroatoms. The molecule has 2 rings (SSSR count). The number of rotatable bonds is 7. The van der Waals surface area contributed by atoms with E-state index in [0.29, 0.717) is 0 Å². The van der Waals surface area contributed by atoms with E-state index >= 15 is 0 Å². The van der Waals surface area contributed by atoms with Gasteiger partial charge >= 0.3 is 0 Å². The Hall–Kier alpha value is -0.0800. The van der Waals surface area contributed by atoms with Crippen LogP contribution in [0.5, 0.6) is 0 Å². The molecule has 2 aliphatic rings. The molecule has 2 aliphatic carbocycles. The van der Waals surface area contributed by atoms with E-state index in [2.05, 4.69) is 12.2 Å². The van der Waals surface area contributed by atoms with Crippen LogP contribution in [-0.2, 0) is 4.74 Å². The molecule has 2 atom stereocenters. The second kappa shape index (κ2) is 8.16. The van der Waals surface area contributed by atoms with E-state index in [1.54, 1.807) is 0 Å². The van der Waals surface area contributed by atoms with E-state index in [9.17, 15) is 0 Å². The molecule has 2 saturated carbocycles. The maximum Gasteiger partial charge on any atom is 0.0494 e. The first kappa shape index (κ1) is 14.3. The largest absolute Gasteiger partial charge is 0.381 e. The molecule has 2 fully saturated rings. The third-order valence-corrected chi connectivity index (χ3v) is 4.84. The second-order valence-electron chi connectivity index (χ2n) is 6.22. The number of hydrogen-bond acceptors (Lipinski definition) is 2. The molecule has 106 valence electrons. The van der Waals surface area contributed by atoms with Crippen molar-refractivity contribution in [3.8, 4) is 0 Å². The summed E-state index contributed by atoms with van der Waals surface area (Å²) in [7, 11) is 0. The molecular formula is C16H31NO. The highest BCUT2D eigenvalue weighted by atomic mass is 16.5. The summed E-state index contributed by atoms with van der Waals surface area (Å²) >= 11 is 0. The van der Waals surface area contributed by atoms with Crippen LogP contribution in [0, 0.1) is 11.8 Å². The van der Waals surface area contributed by atoms with Crippen LogP contribution in [0.15, 0.2) is 0 Å². The van der Waals surface area contributed by atoms with E-state index in [1.165, 1.54) is 57.8 Å². The lowest BCUT2D eigenvalue weighted by Crippen LogP contribution is -2.32. The molecule has 1 N–H and O–H groups in total. The molecule has 0 spiro atoms. The van der Waals surface area contributed by atoms with Crippen LogP contribution in [0.2, 0.25) is 0 Å². The minimum atomic E-state index is 0.772. The Kier molecular flexibility index (Phi) is 6.50. The molecule has 0 aromatic carbocycles. The number of nitrogens with one attached hydrogen (secondary N) is 1. The minimum absolute atomic E-state index is 0.772. The van der Waals surface area contributed by atoms with Crippen molar-refractivity contribution < 1.29 is 4.74 Å². The highest BCUT2D eigenvalue weighted by molar-refractivity contribution is 4.82. The summed E-state index contributed by atoms with van der Waals surface area (Å²) in [6, 6.07) is 0.772. The van der Waals surface area contributed by atoms with Gasteiger partial charge in [-0.25, -0.2) is 0 Å². The summed E-state index contributed by atoms with van der Waals surface area (Å²) in [5.41, 5.74) is 0. The lowest BCUT2D eigenvalue weighted by molar-refractivity contribution is 0.0741. The van der Waals surface area contributed by atoms with E-state index in [1.807, 2.05) is 0 Å². The van der Waals surface area contributed by atoms with Gasteiger partial charge in [-0.15, -0.1) is 0 Å². The van der Waals surface area contributed by atoms with Crippen molar-refractivity contribution in [1.29, 1.82) is 0 Å². The Morgan fingerprint density at radius 3 is 2.61 bits per heavy atom. The smallest absolute Gasteiger partial charge is 0.0494 e. The highest BCUT2D eigenvalue weighted by Gasteiger charge is 2.25. The van der Waals surface area contributed by atoms with Crippen molar-refractivity contribution in [3.05, 3.63) is 0 Å².